The minimum atomic E-state index is -0.300. The van der Waals surface area contributed by atoms with Crippen molar-refractivity contribution in [1.29, 1.82) is 0 Å². The second kappa shape index (κ2) is 7.01. The number of hydrogen-bond acceptors (Lipinski definition) is 3. The number of carbonyl (C=O) groups excluding carboxylic acids is 1. The van der Waals surface area contributed by atoms with Gasteiger partial charge in [0, 0.05) is 0 Å². The predicted molar refractivity (Wildman–Crippen MR) is 57.6 cm³/mol. The average Bonchev–Trinajstić information content (AvgIpc) is 2.26. The van der Waals surface area contributed by atoms with Crippen LogP contribution in [0.5, 0.6) is 0 Å². The summed E-state index contributed by atoms with van der Waals surface area (Å²) in [4.78, 5) is 10.9. The van der Waals surface area contributed by atoms with E-state index >= 15 is 0 Å². The maximum atomic E-state index is 10.9. The molecule has 1 aromatic carbocycles. The molecule has 0 aliphatic carbocycles. The Hall–Kier alpha value is -1.35. The third kappa shape index (κ3) is 5.18. The van der Waals surface area contributed by atoms with Crippen LogP contribution in [0.25, 0.3) is 0 Å². The highest BCUT2D eigenvalue weighted by Gasteiger charge is 2.00. The third-order valence-corrected chi connectivity index (χ3v) is 1.90. The molecule has 0 radical (unpaired) electrons. The molecule has 0 spiro atoms. The van der Waals surface area contributed by atoms with Crippen molar-refractivity contribution >= 4 is 5.97 Å². The Balaban J connectivity index is 2.10. The fourth-order valence-electron chi connectivity index (χ4n) is 1.19. The van der Waals surface area contributed by atoms with Crippen molar-refractivity contribution in [2.75, 3.05) is 19.8 Å². The quantitative estimate of drug-likeness (QED) is 0.528. The summed E-state index contributed by atoms with van der Waals surface area (Å²) < 4.78 is 9.91. The zero-order valence-corrected chi connectivity index (χ0v) is 8.94. The molecule has 0 aliphatic heterocycles. The number of rotatable bonds is 6. The van der Waals surface area contributed by atoms with Gasteiger partial charge in [0.2, 0.25) is 0 Å². The number of hydrogen-bond donors (Lipinski definition) is 0. The molecule has 0 fully saturated rings. The second-order valence-electron chi connectivity index (χ2n) is 3.09. The normalized spacial score (nSPS) is 9.93. The van der Waals surface area contributed by atoms with Gasteiger partial charge in [-0.2, -0.15) is 0 Å². The molecule has 0 saturated heterocycles. The van der Waals surface area contributed by atoms with E-state index in [1.807, 2.05) is 30.3 Å². The molecule has 1 aromatic rings. The summed E-state index contributed by atoms with van der Waals surface area (Å²) in [5.41, 5.74) is 1.21. The average molecular weight is 208 g/mol. The van der Waals surface area contributed by atoms with E-state index in [1.165, 1.54) is 5.56 Å². The minimum Gasteiger partial charge on any atom is -0.464 e. The van der Waals surface area contributed by atoms with Gasteiger partial charge >= 0.3 is 5.97 Å². The SMILES string of the molecule is CCOC(=O)COCCc1ccccc1. The van der Waals surface area contributed by atoms with E-state index in [9.17, 15) is 4.79 Å². The largest absolute Gasteiger partial charge is 0.464 e. The van der Waals surface area contributed by atoms with Crippen molar-refractivity contribution in [3.8, 4) is 0 Å². The van der Waals surface area contributed by atoms with Gasteiger partial charge in [0.05, 0.1) is 13.2 Å². The van der Waals surface area contributed by atoms with Gasteiger partial charge in [-0.15, -0.1) is 0 Å². The zero-order chi connectivity index (χ0) is 10.9. The fourth-order valence-corrected chi connectivity index (χ4v) is 1.19. The third-order valence-electron chi connectivity index (χ3n) is 1.90. The van der Waals surface area contributed by atoms with E-state index in [2.05, 4.69) is 0 Å². The first-order valence-electron chi connectivity index (χ1n) is 5.10. The molecule has 3 heteroatoms. The molecule has 0 N–H and O–H groups in total. The summed E-state index contributed by atoms with van der Waals surface area (Å²) >= 11 is 0. The second-order valence-corrected chi connectivity index (χ2v) is 3.09. The van der Waals surface area contributed by atoms with Gasteiger partial charge in [0.15, 0.2) is 0 Å². The summed E-state index contributed by atoms with van der Waals surface area (Å²) in [5, 5.41) is 0. The lowest BCUT2D eigenvalue weighted by molar-refractivity contribution is -0.148. The van der Waals surface area contributed by atoms with E-state index in [-0.39, 0.29) is 12.6 Å². The smallest absolute Gasteiger partial charge is 0.332 e. The Morgan fingerprint density at radius 1 is 1.27 bits per heavy atom. The first kappa shape index (κ1) is 11.7. The molecule has 0 unspecified atom stereocenters. The van der Waals surface area contributed by atoms with Gasteiger partial charge in [-0.05, 0) is 18.9 Å². The monoisotopic (exact) mass is 208 g/mol. The molecule has 1 rings (SSSR count). The van der Waals surface area contributed by atoms with Gasteiger partial charge in [-0.3, -0.25) is 0 Å². The van der Waals surface area contributed by atoms with Crippen LogP contribution in [0.2, 0.25) is 0 Å². The Morgan fingerprint density at radius 2 is 2.00 bits per heavy atom. The Labute approximate surface area is 90.0 Å². The van der Waals surface area contributed by atoms with Crippen LogP contribution in [0.4, 0.5) is 0 Å². The molecule has 0 saturated carbocycles. The van der Waals surface area contributed by atoms with Gasteiger partial charge in [-0.25, -0.2) is 4.79 Å². The molecule has 0 bridgehead atoms. The molecule has 0 heterocycles. The van der Waals surface area contributed by atoms with E-state index in [4.69, 9.17) is 9.47 Å². The predicted octanol–water partition coefficient (Wildman–Crippen LogP) is 1.81. The van der Waals surface area contributed by atoms with Gasteiger partial charge in [0.25, 0.3) is 0 Å². The van der Waals surface area contributed by atoms with Crippen molar-refractivity contribution in [1.82, 2.24) is 0 Å². The van der Waals surface area contributed by atoms with E-state index in [0.717, 1.165) is 6.42 Å². The van der Waals surface area contributed by atoms with Crippen molar-refractivity contribution in [2.24, 2.45) is 0 Å². The summed E-state index contributed by atoms with van der Waals surface area (Å²) in [6.07, 6.45) is 0.820. The maximum absolute atomic E-state index is 10.9. The summed E-state index contributed by atoms with van der Waals surface area (Å²) in [6.45, 7) is 2.77. The van der Waals surface area contributed by atoms with Crippen LogP contribution < -0.4 is 0 Å². The van der Waals surface area contributed by atoms with Crippen molar-refractivity contribution < 1.29 is 14.3 Å². The molecular weight excluding hydrogens is 192 g/mol. The number of benzene rings is 1. The van der Waals surface area contributed by atoms with Gasteiger partial charge in [-0.1, -0.05) is 30.3 Å². The number of ether oxygens (including phenoxy) is 2. The Morgan fingerprint density at radius 3 is 2.67 bits per heavy atom. The Kier molecular flexibility index (Phi) is 5.48. The maximum Gasteiger partial charge on any atom is 0.332 e. The van der Waals surface area contributed by atoms with E-state index < -0.39 is 0 Å². The molecule has 0 amide bonds. The minimum absolute atomic E-state index is 0.0423. The van der Waals surface area contributed by atoms with Crippen molar-refractivity contribution in [3.63, 3.8) is 0 Å². The topological polar surface area (TPSA) is 35.5 Å². The first-order chi connectivity index (χ1) is 7.33. The van der Waals surface area contributed by atoms with Crippen LogP contribution >= 0.6 is 0 Å². The van der Waals surface area contributed by atoms with Crippen LogP contribution in [-0.4, -0.2) is 25.8 Å². The lowest BCUT2D eigenvalue weighted by atomic mass is 10.2. The fraction of sp³-hybridized carbons (Fsp3) is 0.417. The summed E-state index contributed by atoms with van der Waals surface area (Å²) in [7, 11) is 0. The number of carbonyl (C=O) groups is 1. The highest BCUT2D eigenvalue weighted by molar-refractivity contribution is 5.70. The standard InChI is InChI=1S/C12H16O3/c1-2-15-12(13)10-14-9-8-11-6-4-3-5-7-11/h3-7H,2,8-10H2,1H3. The molecule has 15 heavy (non-hydrogen) atoms. The van der Waals surface area contributed by atoms with Crippen LogP contribution in [-0.2, 0) is 20.7 Å². The van der Waals surface area contributed by atoms with Crippen LogP contribution in [0, 0.1) is 0 Å². The molecule has 0 aliphatic rings. The highest BCUT2D eigenvalue weighted by Crippen LogP contribution is 1.99. The van der Waals surface area contributed by atoms with Gasteiger partial charge < -0.3 is 9.47 Å². The molecule has 0 aromatic heterocycles. The van der Waals surface area contributed by atoms with Crippen LogP contribution in [0.1, 0.15) is 12.5 Å². The van der Waals surface area contributed by atoms with Crippen LogP contribution in [0.3, 0.4) is 0 Å². The first-order valence-corrected chi connectivity index (χ1v) is 5.10. The van der Waals surface area contributed by atoms with E-state index in [0.29, 0.717) is 13.2 Å². The van der Waals surface area contributed by atoms with E-state index in [1.54, 1.807) is 6.92 Å². The summed E-state index contributed by atoms with van der Waals surface area (Å²) in [6, 6.07) is 10.0. The van der Waals surface area contributed by atoms with Crippen molar-refractivity contribution in [3.05, 3.63) is 35.9 Å². The molecule has 3 nitrogen and oxygen atoms in total. The van der Waals surface area contributed by atoms with Crippen molar-refractivity contribution in [2.45, 2.75) is 13.3 Å². The highest BCUT2D eigenvalue weighted by atomic mass is 16.6. The molecule has 0 atom stereocenters. The van der Waals surface area contributed by atoms with Crippen LogP contribution in [0.15, 0.2) is 30.3 Å². The number of esters is 1. The lowest BCUT2D eigenvalue weighted by Crippen LogP contribution is -2.13. The molecular formula is C12H16O3. The molecule has 82 valence electrons. The zero-order valence-electron chi connectivity index (χ0n) is 8.94. The lowest BCUT2D eigenvalue weighted by Gasteiger charge is -2.03. The van der Waals surface area contributed by atoms with Gasteiger partial charge in [0.1, 0.15) is 6.61 Å². The Bertz CT molecular complexity index is 282. The summed E-state index contributed by atoms with van der Waals surface area (Å²) in [5.74, 6) is -0.300.